The van der Waals surface area contributed by atoms with Gasteiger partial charge in [0.2, 0.25) is 5.88 Å². The van der Waals surface area contributed by atoms with Crippen molar-refractivity contribution in [3.8, 4) is 28.1 Å². The van der Waals surface area contributed by atoms with Crippen molar-refractivity contribution in [1.29, 1.82) is 0 Å². The Kier molecular flexibility index (Phi) is 7.78. The van der Waals surface area contributed by atoms with Crippen LogP contribution in [0.5, 0.6) is 5.88 Å². The van der Waals surface area contributed by atoms with Crippen molar-refractivity contribution in [2.75, 3.05) is 48.8 Å². The number of morpholine rings is 1. The van der Waals surface area contributed by atoms with Crippen LogP contribution in [0.3, 0.4) is 0 Å². The van der Waals surface area contributed by atoms with E-state index in [0.29, 0.717) is 36.2 Å². The first-order valence-corrected chi connectivity index (χ1v) is 15.3. The summed E-state index contributed by atoms with van der Waals surface area (Å²) in [6, 6.07) is 17.7. The molecular weight excluding hydrogens is 588 g/mol. The highest BCUT2D eigenvalue weighted by Gasteiger charge is 2.23. The number of pyridine rings is 2. The van der Waals surface area contributed by atoms with Crippen LogP contribution < -0.4 is 20.1 Å². The fraction of sp³-hybridized carbons (Fsp3) is 0.188. The third kappa shape index (κ3) is 5.61. The SMILES string of the molecule is COc1ncc(-c2ccc3nc(N)c(-c4ccc(N5CCOCC5)cc4)cc3c2C)cc1NS(=O)(=O)c1ccc(F)cc1F. The van der Waals surface area contributed by atoms with Gasteiger partial charge in [0.1, 0.15) is 28.0 Å². The zero-order valence-corrected chi connectivity index (χ0v) is 24.8. The van der Waals surface area contributed by atoms with Gasteiger partial charge in [-0.1, -0.05) is 18.2 Å². The zero-order valence-electron chi connectivity index (χ0n) is 24.0. The molecule has 0 saturated carbocycles. The summed E-state index contributed by atoms with van der Waals surface area (Å²) in [5.74, 6) is -1.72. The van der Waals surface area contributed by atoms with E-state index in [4.69, 9.17) is 15.2 Å². The molecule has 3 aromatic carbocycles. The van der Waals surface area contributed by atoms with Crippen LogP contribution in [0, 0.1) is 18.6 Å². The number of nitrogen functional groups attached to an aromatic ring is 1. The highest BCUT2D eigenvalue weighted by atomic mass is 32.2. The maximum atomic E-state index is 14.3. The van der Waals surface area contributed by atoms with Crippen molar-refractivity contribution in [1.82, 2.24) is 9.97 Å². The second kappa shape index (κ2) is 11.7. The molecule has 9 nitrogen and oxygen atoms in total. The van der Waals surface area contributed by atoms with Gasteiger partial charge in [-0.05, 0) is 66.1 Å². The Bertz CT molecular complexity index is 1980. The highest BCUT2D eigenvalue weighted by Crippen LogP contribution is 2.37. The van der Waals surface area contributed by atoms with E-state index in [-0.39, 0.29) is 11.6 Å². The molecule has 0 amide bonds. The zero-order chi connectivity index (χ0) is 31.0. The molecule has 1 saturated heterocycles. The number of fused-ring (bicyclic) bond motifs is 1. The first-order chi connectivity index (χ1) is 21.1. The van der Waals surface area contributed by atoms with Gasteiger partial charge in [-0.15, -0.1) is 0 Å². The van der Waals surface area contributed by atoms with E-state index in [1.165, 1.54) is 7.11 Å². The minimum absolute atomic E-state index is 0.00954. The molecule has 0 atom stereocenters. The Morgan fingerprint density at radius 2 is 1.70 bits per heavy atom. The van der Waals surface area contributed by atoms with Crippen molar-refractivity contribution in [3.05, 3.63) is 90.1 Å². The number of halogens is 2. The summed E-state index contributed by atoms with van der Waals surface area (Å²) in [7, 11) is -3.10. The lowest BCUT2D eigenvalue weighted by Gasteiger charge is -2.29. The van der Waals surface area contributed by atoms with Crippen LogP contribution >= 0.6 is 0 Å². The van der Waals surface area contributed by atoms with Gasteiger partial charge in [0.05, 0.1) is 25.8 Å². The first-order valence-electron chi connectivity index (χ1n) is 13.8. The van der Waals surface area contributed by atoms with Gasteiger partial charge in [-0.2, -0.15) is 0 Å². The third-order valence-electron chi connectivity index (χ3n) is 7.64. The molecule has 0 spiro atoms. The van der Waals surface area contributed by atoms with E-state index in [1.54, 1.807) is 12.3 Å². The van der Waals surface area contributed by atoms with E-state index in [0.717, 1.165) is 58.5 Å². The molecule has 0 unspecified atom stereocenters. The number of benzene rings is 3. The lowest BCUT2D eigenvalue weighted by atomic mass is 9.95. The molecule has 12 heteroatoms. The minimum atomic E-state index is -4.43. The number of nitrogens with two attached hydrogens (primary N) is 1. The number of sulfonamides is 1. The summed E-state index contributed by atoms with van der Waals surface area (Å²) >= 11 is 0. The fourth-order valence-electron chi connectivity index (χ4n) is 5.35. The van der Waals surface area contributed by atoms with Gasteiger partial charge >= 0.3 is 0 Å². The maximum Gasteiger partial charge on any atom is 0.264 e. The van der Waals surface area contributed by atoms with Crippen LogP contribution in [0.15, 0.2) is 77.8 Å². The van der Waals surface area contributed by atoms with E-state index >= 15 is 0 Å². The number of rotatable bonds is 7. The second-order valence-corrected chi connectivity index (χ2v) is 12.0. The quantitative estimate of drug-likeness (QED) is 0.236. The number of nitrogens with one attached hydrogen (secondary N) is 1. The second-order valence-electron chi connectivity index (χ2n) is 10.3. The van der Waals surface area contributed by atoms with Crippen LogP contribution in [0.1, 0.15) is 5.56 Å². The number of ether oxygens (including phenoxy) is 2. The smallest absolute Gasteiger partial charge is 0.264 e. The Balaban J connectivity index is 1.36. The fourth-order valence-corrected chi connectivity index (χ4v) is 6.46. The van der Waals surface area contributed by atoms with Crippen molar-refractivity contribution >= 4 is 38.1 Å². The van der Waals surface area contributed by atoms with Crippen molar-refractivity contribution in [2.45, 2.75) is 11.8 Å². The molecule has 3 N–H and O–H groups in total. The van der Waals surface area contributed by atoms with Crippen molar-refractivity contribution in [3.63, 3.8) is 0 Å². The summed E-state index contributed by atoms with van der Waals surface area (Å²) in [4.78, 5) is 10.5. The number of aryl methyl sites for hydroxylation is 1. The van der Waals surface area contributed by atoms with Gasteiger partial charge in [-0.3, -0.25) is 4.72 Å². The Hall–Kier alpha value is -4.81. The summed E-state index contributed by atoms with van der Waals surface area (Å²) in [5.41, 5.74) is 12.1. The van der Waals surface area contributed by atoms with E-state index in [9.17, 15) is 17.2 Å². The average molecular weight is 618 g/mol. The number of anilines is 3. The predicted molar refractivity (Wildman–Crippen MR) is 166 cm³/mol. The molecular formula is C32H29F2N5O4S. The molecule has 2 aromatic heterocycles. The topological polar surface area (TPSA) is 120 Å². The molecule has 1 aliphatic rings. The summed E-state index contributed by atoms with van der Waals surface area (Å²) in [6.07, 6.45) is 1.55. The number of hydrogen-bond donors (Lipinski definition) is 2. The summed E-state index contributed by atoms with van der Waals surface area (Å²) in [5, 5.41) is 0.857. The molecule has 0 aliphatic carbocycles. The molecule has 226 valence electrons. The van der Waals surface area contributed by atoms with E-state index in [1.807, 2.05) is 37.3 Å². The van der Waals surface area contributed by atoms with Gasteiger partial charge in [0.15, 0.2) is 0 Å². The first kappa shape index (κ1) is 29.3. The monoisotopic (exact) mass is 617 g/mol. The molecule has 44 heavy (non-hydrogen) atoms. The van der Waals surface area contributed by atoms with Crippen molar-refractivity contribution < 1.29 is 26.7 Å². The van der Waals surface area contributed by atoms with Gasteiger partial charge in [0, 0.05) is 47.6 Å². The number of aromatic nitrogens is 2. The number of methoxy groups -OCH3 is 1. The number of nitrogens with zero attached hydrogens (tertiary/aromatic N) is 3. The standard InChI is InChI=1S/C32H29F2N5O4S/c1-19-24(21-15-29(32(42-2)36-18-21)38-44(40,41)30-10-5-22(33)16-27(30)34)8-9-28-25(19)17-26(31(35)37-28)20-3-6-23(7-4-20)39-11-13-43-14-12-39/h3-10,15-18,38H,11-14H2,1-2H3,(H2,35,37). The lowest BCUT2D eigenvalue weighted by molar-refractivity contribution is 0.122. The molecule has 3 heterocycles. The average Bonchev–Trinajstić information content (AvgIpc) is 3.01. The molecule has 1 aliphatic heterocycles. The van der Waals surface area contributed by atoms with Gasteiger partial charge < -0.3 is 20.1 Å². The Morgan fingerprint density at radius 1 is 0.955 bits per heavy atom. The molecule has 5 aromatic rings. The highest BCUT2D eigenvalue weighted by molar-refractivity contribution is 7.92. The Morgan fingerprint density at radius 3 is 2.41 bits per heavy atom. The van der Waals surface area contributed by atoms with Gasteiger partial charge in [0.25, 0.3) is 10.0 Å². The molecule has 6 rings (SSSR count). The third-order valence-corrected chi connectivity index (χ3v) is 9.03. The van der Waals surface area contributed by atoms with Crippen LogP contribution in [0.4, 0.5) is 26.0 Å². The van der Waals surface area contributed by atoms with Crippen molar-refractivity contribution in [2.24, 2.45) is 0 Å². The largest absolute Gasteiger partial charge is 0.480 e. The molecule has 1 fully saturated rings. The summed E-state index contributed by atoms with van der Waals surface area (Å²) in [6.45, 7) is 5.02. The lowest BCUT2D eigenvalue weighted by Crippen LogP contribution is -2.36. The minimum Gasteiger partial charge on any atom is -0.480 e. The maximum absolute atomic E-state index is 14.3. The summed E-state index contributed by atoms with van der Waals surface area (Å²) < 4.78 is 66.8. The number of hydrogen-bond acceptors (Lipinski definition) is 8. The van der Waals surface area contributed by atoms with Crippen LogP contribution in [0.25, 0.3) is 33.2 Å². The van der Waals surface area contributed by atoms with E-state index < -0.39 is 26.6 Å². The van der Waals surface area contributed by atoms with Gasteiger partial charge in [-0.25, -0.2) is 27.2 Å². The molecule has 0 bridgehead atoms. The normalized spacial score (nSPS) is 13.7. The predicted octanol–water partition coefficient (Wildman–Crippen LogP) is 5.78. The van der Waals surface area contributed by atoms with Crippen LogP contribution in [-0.4, -0.2) is 51.8 Å². The van der Waals surface area contributed by atoms with E-state index in [2.05, 4.69) is 31.7 Å². The Labute approximate surface area is 253 Å². The van der Waals surface area contributed by atoms with Crippen LogP contribution in [-0.2, 0) is 14.8 Å². The molecule has 0 radical (unpaired) electrons. The van der Waals surface area contributed by atoms with Crippen LogP contribution in [0.2, 0.25) is 0 Å².